The van der Waals surface area contributed by atoms with Crippen LogP contribution in [0.3, 0.4) is 0 Å². The van der Waals surface area contributed by atoms with Crippen molar-refractivity contribution >= 4 is 17.5 Å². The Morgan fingerprint density at radius 3 is 2.84 bits per heavy atom. The summed E-state index contributed by atoms with van der Waals surface area (Å²) in [6.07, 6.45) is 2.75. The fourth-order valence-electron chi connectivity index (χ4n) is 1.69. The van der Waals surface area contributed by atoms with Crippen molar-refractivity contribution in [2.75, 3.05) is 6.54 Å². The monoisotopic (exact) mass is 279 g/mol. The average Bonchev–Trinajstić information content (AvgIpc) is 2.93. The van der Waals surface area contributed by atoms with E-state index in [4.69, 9.17) is 16.0 Å². The number of aliphatic hydroxyl groups is 1. The van der Waals surface area contributed by atoms with Gasteiger partial charge in [0.05, 0.1) is 29.2 Å². The molecule has 1 aromatic heterocycles. The molecular weight excluding hydrogens is 266 g/mol. The second-order valence-electron chi connectivity index (χ2n) is 4.10. The molecule has 0 aliphatic carbocycles. The van der Waals surface area contributed by atoms with E-state index in [1.807, 2.05) is 0 Å². The number of carbonyl (C=O) groups excluding carboxylic acids is 1. The molecule has 100 valence electrons. The van der Waals surface area contributed by atoms with Crippen LogP contribution in [0.25, 0.3) is 0 Å². The van der Waals surface area contributed by atoms with Crippen molar-refractivity contribution in [3.63, 3.8) is 0 Å². The summed E-state index contributed by atoms with van der Waals surface area (Å²) >= 11 is 5.92. The van der Waals surface area contributed by atoms with E-state index in [1.54, 1.807) is 30.3 Å². The van der Waals surface area contributed by atoms with Crippen molar-refractivity contribution in [3.8, 4) is 0 Å². The fourth-order valence-corrected chi connectivity index (χ4v) is 1.92. The molecule has 5 heteroatoms. The lowest BCUT2D eigenvalue weighted by Crippen LogP contribution is -2.25. The fraction of sp³-hybridized carbons (Fsp3) is 0.214. The van der Waals surface area contributed by atoms with Gasteiger partial charge in [0.25, 0.3) is 5.91 Å². The van der Waals surface area contributed by atoms with Crippen LogP contribution in [0.2, 0.25) is 5.02 Å². The zero-order valence-electron chi connectivity index (χ0n) is 10.2. The maximum atomic E-state index is 11.8. The van der Waals surface area contributed by atoms with Gasteiger partial charge < -0.3 is 14.8 Å². The number of carbonyl (C=O) groups is 1. The van der Waals surface area contributed by atoms with E-state index in [9.17, 15) is 9.90 Å². The predicted molar refractivity (Wildman–Crippen MR) is 72.1 cm³/mol. The number of benzene rings is 1. The minimum absolute atomic E-state index is 0.245. The van der Waals surface area contributed by atoms with Gasteiger partial charge in [0.1, 0.15) is 0 Å². The number of aliphatic hydroxyl groups excluding tert-OH is 1. The van der Waals surface area contributed by atoms with Gasteiger partial charge in [-0.25, -0.2) is 0 Å². The molecule has 0 unspecified atom stereocenters. The minimum atomic E-state index is -0.648. The molecule has 1 aromatic carbocycles. The van der Waals surface area contributed by atoms with E-state index in [2.05, 4.69) is 5.32 Å². The van der Waals surface area contributed by atoms with Gasteiger partial charge in [-0.3, -0.25) is 4.79 Å². The summed E-state index contributed by atoms with van der Waals surface area (Å²) < 4.78 is 4.88. The van der Waals surface area contributed by atoms with Gasteiger partial charge in [0.15, 0.2) is 0 Å². The van der Waals surface area contributed by atoms with Crippen molar-refractivity contribution in [1.82, 2.24) is 5.32 Å². The number of hydrogen-bond acceptors (Lipinski definition) is 3. The van der Waals surface area contributed by atoms with E-state index in [-0.39, 0.29) is 5.91 Å². The molecule has 1 amide bonds. The number of nitrogens with one attached hydrogen (secondary N) is 1. The highest BCUT2D eigenvalue weighted by Gasteiger charge is 2.11. The highest BCUT2D eigenvalue weighted by Crippen LogP contribution is 2.17. The molecule has 1 heterocycles. The molecule has 2 aromatic rings. The quantitative estimate of drug-likeness (QED) is 0.885. The molecular formula is C14H14ClNO3. The Bertz CT molecular complexity index is 539. The van der Waals surface area contributed by atoms with Crippen molar-refractivity contribution in [2.45, 2.75) is 12.5 Å². The summed E-state index contributed by atoms with van der Waals surface area (Å²) in [6.45, 7) is 0.358. The number of amides is 1. The van der Waals surface area contributed by atoms with Gasteiger partial charge in [0.2, 0.25) is 0 Å². The van der Waals surface area contributed by atoms with Crippen LogP contribution in [0.5, 0.6) is 0 Å². The molecule has 0 aliphatic heterocycles. The SMILES string of the molecule is O=C(NCC[C@@H](O)c1ccoc1)c1ccccc1Cl. The van der Waals surface area contributed by atoms with Gasteiger partial charge >= 0.3 is 0 Å². The first kappa shape index (κ1) is 13.6. The van der Waals surface area contributed by atoms with Crippen LogP contribution >= 0.6 is 11.6 Å². The van der Waals surface area contributed by atoms with E-state index in [0.717, 1.165) is 0 Å². The van der Waals surface area contributed by atoms with Gasteiger partial charge in [-0.1, -0.05) is 23.7 Å². The number of furan rings is 1. The largest absolute Gasteiger partial charge is 0.472 e. The van der Waals surface area contributed by atoms with E-state index >= 15 is 0 Å². The number of rotatable bonds is 5. The number of halogens is 1. The van der Waals surface area contributed by atoms with Gasteiger partial charge in [-0.15, -0.1) is 0 Å². The molecule has 0 bridgehead atoms. The third-order valence-electron chi connectivity index (χ3n) is 2.75. The molecule has 0 saturated carbocycles. The smallest absolute Gasteiger partial charge is 0.252 e. The number of hydrogen-bond donors (Lipinski definition) is 2. The first-order valence-electron chi connectivity index (χ1n) is 5.91. The third-order valence-corrected chi connectivity index (χ3v) is 3.08. The molecule has 2 N–H and O–H groups in total. The minimum Gasteiger partial charge on any atom is -0.472 e. The van der Waals surface area contributed by atoms with Crippen molar-refractivity contribution in [1.29, 1.82) is 0 Å². The van der Waals surface area contributed by atoms with Crippen LogP contribution in [-0.4, -0.2) is 17.6 Å². The van der Waals surface area contributed by atoms with Crippen molar-refractivity contribution in [3.05, 3.63) is 59.0 Å². The van der Waals surface area contributed by atoms with Crippen LogP contribution in [0, 0.1) is 0 Å². The molecule has 4 nitrogen and oxygen atoms in total. The summed E-state index contributed by atoms with van der Waals surface area (Å²) in [4.78, 5) is 11.8. The molecule has 0 fully saturated rings. The van der Waals surface area contributed by atoms with E-state index < -0.39 is 6.10 Å². The lowest BCUT2D eigenvalue weighted by molar-refractivity contribution is 0.0942. The highest BCUT2D eigenvalue weighted by atomic mass is 35.5. The molecule has 0 radical (unpaired) electrons. The van der Waals surface area contributed by atoms with E-state index in [1.165, 1.54) is 12.5 Å². The average molecular weight is 280 g/mol. The van der Waals surface area contributed by atoms with Crippen LogP contribution in [0.15, 0.2) is 47.3 Å². The summed E-state index contributed by atoms with van der Waals surface area (Å²) in [6, 6.07) is 8.53. The standard InChI is InChI=1S/C14H14ClNO3/c15-12-4-2-1-3-11(12)14(18)16-7-5-13(17)10-6-8-19-9-10/h1-4,6,8-9,13,17H,5,7H2,(H,16,18)/t13-/m1/s1. The first-order valence-corrected chi connectivity index (χ1v) is 6.29. The normalized spacial score (nSPS) is 12.1. The molecule has 0 saturated heterocycles. The van der Waals surface area contributed by atoms with Crippen LogP contribution in [0.1, 0.15) is 28.4 Å². The summed E-state index contributed by atoms with van der Waals surface area (Å²) in [7, 11) is 0. The van der Waals surface area contributed by atoms with Crippen LogP contribution in [-0.2, 0) is 0 Å². The molecule has 0 spiro atoms. The molecule has 2 rings (SSSR count). The Morgan fingerprint density at radius 2 is 2.16 bits per heavy atom. The Kier molecular flexibility index (Phi) is 4.60. The van der Waals surface area contributed by atoms with Gasteiger partial charge in [-0.05, 0) is 24.6 Å². The zero-order valence-corrected chi connectivity index (χ0v) is 10.9. The highest BCUT2D eigenvalue weighted by molar-refractivity contribution is 6.33. The lowest BCUT2D eigenvalue weighted by Gasteiger charge is -2.10. The second kappa shape index (κ2) is 6.41. The predicted octanol–water partition coefficient (Wildman–Crippen LogP) is 2.79. The van der Waals surface area contributed by atoms with Crippen molar-refractivity contribution < 1.29 is 14.3 Å². The first-order chi connectivity index (χ1) is 9.18. The van der Waals surface area contributed by atoms with Gasteiger partial charge in [-0.2, -0.15) is 0 Å². The maximum absolute atomic E-state index is 11.8. The Labute approximate surface area is 116 Å². The summed E-state index contributed by atoms with van der Waals surface area (Å²) in [5.41, 5.74) is 1.13. The summed E-state index contributed by atoms with van der Waals surface area (Å²) in [5, 5.41) is 12.9. The summed E-state index contributed by atoms with van der Waals surface area (Å²) in [5.74, 6) is -0.245. The van der Waals surface area contributed by atoms with Crippen molar-refractivity contribution in [2.24, 2.45) is 0 Å². The maximum Gasteiger partial charge on any atom is 0.252 e. The van der Waals surface area contributed by atoms with Crippen LogP contribution < -0.4 is 5.32 Å². The lowest BCUT2D eigenvalue weighted by atomic mass is 10.1. The Hall–Kier alpha value is -1.78. The third kappa shape index (κ3) is 3.59. The molecule has 1 atom stereocenters. The molecule has 0 aliphatic rings. The zero-order chi connectivity index (χ0) is 13.7. The Morgan fingerprint density at radius 1 is 1.37 bits per heavy atom. The second-order valence-corrected chi connectivity index (χ2v) is 4.50. The Balaban J connectivity index is 1.83. The molecule has 19 heavy (non-hydrogen) atoms. The van der Waals surface area contributed by atoms with Gasteiger partial charge in [0, 0.05) is 12.1 Å². The van der Waals surface area contributed by atoms with E-state index in [0.29, 0.717) is 29.1 Å². The topological polar surface area (TPSA) is 62.5 Å². The van der Waals surface area contributed by atoms with Crippen LogP contribution in [0.4, 0.5) is 0 Å².